The first-order chi connectivity index (χ1) is 5.79. The fraction of sp³-hybridized carbons (Fsp3) is 0.125. The summed E-state index contributed by atoms with van der Waals surface area (Å²) >= 11 is 0. The molecule has 4 nitrogen and oxygen atoms in total. The molecule has 0 saturated heterocycles. The number of hydrogen-bond donors (Lipinski definition) is 2. The molecule has 0 spiro atoms. The van der Waals surface area contributed by atoms with Crippen molar-refractivity contribution in [3.8, 4) is 5.75 Å². The molecule has 1 aliphatic rings. The molecule has 0 fully saturated rings. The average Bonchev–Trinajstić information content (AvgIpc) is 2.12. The molecular weight excluding hydrogens is 158 g/mol. The van der Waals surface area contributed by atoms with E-state index in [0.29, 0.717) is 11.3 Å². The zero-order valence-corrected chi connectivity index (χ0v) is 6.15. The van der Waals surface area contributed by atoms with Gasteiger partial charge >= 0.3 is 0 Å². The van der Waals surface area contributed by atoms with Crippen molar-refractivity contribution in [3.63, 3.8) is 0 Å². The van der Waals surface area contributed by atoms with Gasteiger partial charge in [0.15, 0.2) is 11.9 Å². The number of hydrogen-bond acceptors (Lipinski definition) is 3. The molecule has 4 heteroatoms. The van der Waals surface area contributed by atoms with Crippen molar-refractivity contribution in [2.24, 2.45) is 0 Å². The molecule has 0 bridgehead atoms. The zero-order chi connectivity index (χ0) is 8.55. The van der Waals surface area contributed by atoms with Crippen LogP contribution in [0.25, 0.3) is 0 Å². The maximum Gasteiger partial charge on any atom is 0.286 e. The van der Waals surface area contributed by atoms with Crippen LogP contribution in [0.5, 0.6) is 5.75 Å². The van der Waals surface area contributed by atoms with E-state index in [0.717, 1.165) is 0 Å². The standard InChI is InChI=1S/C8H7NO3/c10-7-5-3-1-2-4-6(5)12-9-8(7)11/h1-4,7,10H,(H,9,11). The third-order valence-corrected chi connectivity index (χ3v) is 1.72. The van der Waals surface area contributed by atoms with Crippen LogP contribution in [0.4, 0.5) is 0 Å². The summed E-state index contributed by atoms with van der Waals surface area (Å²) in [6.45, 7) is 0. The van der Waals surface area contributed by atoms with Crippen LogP contribution < -0.4 is 10.3 Å². The normalized spacial score (nSPS) is 20.8. The summed E-state index contributed by atoms with van der Waals surface area (Å²) in [6, 6.07) is 6.84. The summed E-state index contributed by atoms with van der Waals surface area (Å²) in [4.78, 5) is 15.7. The number of aliphatic hydroxyl groups is 1. The summed E-state index contributed by atoms with van der Waals surface area (Å²) in [5.41, 5.74) is 2.60. The highest BCUT2D eigenvalue weighted by molar-refractivity contribution is 5.83. The zero-order valence-electron chi connectivity index (χ0n) is 6.15. The Morgan fingerprint density at radius 2 is 2.17 bits per heavy atom. The van der Waals surface area contributed by atoms with Gasteiger partial charge in [0.25, 0.3) is 5.91 Å². The second-order valence-corrected chi connectivity index (χ2v) is 2.51. The van der Waals surface area contributed by atoms with Crippen LogP contribution in [0.2, 0.25) is 0 Å². The molecule has 2 rings (SSSR count). The minimum atomic E-state index is -1.12. The molecule has 1 aromatic carbocycles. The van der Waals surface area contributed by atoms with Gasteiger partial charge in [-0.15, -0.1) is 0 Å². The molecule has 1 aliphatic heterocycles. The number of amides is 1. The molecule has 1 aromatic rings. The van der Waals surface area contributed by atoms with Crippen LogP contribution in [0.3, 0.4) is 0 Å². The Morgan fingerprint density at radius 3 is 3.00 bits per heavy atom. The molecule has 1 atom stereocenters. The van der Waals surface area contributed by atoms with E-state index >= 15 is 0 Å². The van der Waals surface area contributed by atoms with Crippen LogP contribution in [0, 0.1) is 0 Å². The van der Waals surface area contributed by atoms with Gasteiger partial charge in [0.1, 0.15) is 0 Å². The molecule has 1 unspecified atom stereocenters. The largest absolute Gasteiger partial charge is 0.379 e. The lowest BCUT2D eigenvalue weighted by Crippen LogP contribution is -2.36. The summed E-state index contributed by atoms with van der Waals surface area (Å²) in [7, 11) is 0. The highest BCUT2D eigenvalue weighted by Gasteiger charge is 2.26. The molecule has 12 heavy (non-hydrogen) atoms. The number of hydroxylamine groups is 1. The number of carbonyl (C=O) groups is 1. The van der Waals surface area contributed by atoms with E-state index in [1.807, 2.05) is 0 Å². The quantitative estimate of drug-likeness (QED) is 0.575. The predicted octanol–water partition coefficient (Wildman–Crippen LogP) is 0.144. The number of para-hydroxylation sites is 1. The van der Waals surface area contributed by atoms with Gasteiger partial charge in [-0.2, -0.15) is 5.48 Å². The van der Waals surface area contributed by atoms with Gasteiger partial charge in [-0.1, -0.05) is 18.2 Å². The molecule has 0 aliphatic carbocycles. The second kappa shape index (κ2) is 2.49. The third kappa shape index (κ3) is 0.931. The van der Waals surface area contributed by atoms with Crippen molar-refractivity contribution < 1.29 is 14.7 Å². The van der Waals surface area contributed by atoms with Gasteiger partial charge in [0.2, 0.25) is 0 Å². The van der Waals surface area contributed by atoms with Crippen molar-refractivity contribution in [3.05, 3.63) is 29.8 Å². The number of carbonyl (C=O) groups excluding carboxylic acids is 1. The number of aliphatic hydroxyl groups excluding tert-OH is 1. The Kier molecular flexibility index (Phi) is 1.48. The van der Waals surface area contributed by atoms with Crippen LogP contribution >= 0.6 is 0 Å². The van der Waals surface area contributed by atoms with Gasteiger partial charge in [-0.05, 0) is 6.07 Å². The molecule has 1 heterocycles. The molecular formula is C8H7NO3. The lowest BCUT2D eigenvalue weighted by molar-refractivity contribution is -0.139. The van der Waals surface area contributed by atoms with Gasteiger partial charge in [-0.3, -0.25) is 4.79 Å². The first kappa shape index (κ1) is 7.12. The topological polar surface area (TPSA) is 58.6 Å². The molecule has 2 N–H and O–H groups in total. The second-order valence-electron chi connectivity index (χ2n) is 2.51. The maximum absolute atomic E-state index is 10.9. The lowest BCUT2D eigenvalue weighted by atomic mass is 10.1. The summed E-state index contributed by atoms with van der Waals surface area (Å²) < 4.78 is 0. The fourth-order valence-electron chi connectivity index (χ4n) is 1.10. The average molecular weight is 165 g/mol. The monoisotopic (exact) mass is 165 g/mol. The lowest BCUT2D eigenvalue weighted by Gasteiger charge is -2.20. The van der Waals surface area contributed by atoms with Gasteiger partial charge in [0, 0.05) is 5.56 Å². The third-order valence-electron chi connectivity index (χ3n) is 1.72. The minimum absolute atomic E-state index is 0.490. The molecule has 0 aromatic heterocycles. The Labute approximate surface area is 68.7 Å². The first-order valence-electron chi connectivity index (χ1n) is 3.53. The Balaban J connectivity index is 2.48. The van der Waals surface area contributed by atoms with Crippen LogP contribution in [0.15, 0.2) is 24.3 Å². The van der Waals surface area contributed by atoms with E-state index in [-0.39, 0.29) is 0 Å². The Hall–Kier alpha value is -1.55. The number of fused-ring (bicyclic) bond motifs is 1. The number of rotatable bonds is 0. The summed E-state index contributed by atoms with van der Waals surface area (Å²) in [6.07, 6.45) is -1.12. The maximum atomic E-state index is 10.9. The minimum Gasteiger partial charge on any atom is -0.379 e. The number of benzene rings is 1. The van der Waals surface area contributed by atoms with Crippen molar-refractivity contribution in [2.75, 3.05) is 0 Å². The summed E-state index contributed by atoms with van der Waals surface area (Å²) in [5.74, 6) is -0.0432. The fourth-order valence-corrected chi connectivity index (χ4v) is 1.10. The van der Waals surface area contributed by atoms with Crippen molar-refractivity contribution >= 4 is 5.91 Å². The van der Waals surface area contributed by atoms with Crippen molar-refractivity contribution in [1.82, 2.24) is 5.48 Å². The van der Waals surface area contributed by atoms with E-state index in [9.17, 15) is 9.90 Å². The van der Waals surface area contributed by atoms with Gasteiger partial charge in [-0.25, -0.2) is 0 Å². The van der Waals surface area contributed by atoms with Crippen LogP contribution in [0.1, 0.15) is 11.7 Å². The van der Waals surface area contributed by atoms with E-state index in [4.69, 9.17) is 4.84 Å². The number of nitrogens with one attached hydrogen (secondary N) is 1. The SMILES string of the molecule is O=C1NOc2ccccc2C1O. The predicted molar refractivity (Wildman–Crippen MR) is 40.2 cm³/mol. The van der Waals surface area contributed by atoms with E-state index < -0.39 is 12.0 Å². The van der Waals surface area contributed by atoms with E-state index in [1.165, 1.54) is 0 Å². The van der Waals surface area contributed by atoms with Crippen LogP contribution in [-0.2, 0) is 4.79 Å². The molecule has 0 radical (unpaired) electrons. The van der Waals surface area contributed by atoms with Gasteiger partial charge < -0.3 is 9.94 Å². The Morgan fingerprint density at radius 1 is 1.42 bits per heavy atom. The van der Waals surface area contributed by atoms with Crippen molar-refractivity contribution in [1.29, 1.82) is 0 Å². The van der Waals surface area contributed by atoms with E-state index in [1.54, 1.807) is 24.3 Å². The Bertz CT molecular complexity index is 324. The molecule has 0 saturated carbocycles. The highest BCUT2D eigenvalue weighted by Crippen LogP contribution is 2.27. The smallest absolute Gasteiger partial charge is 0.286 e. The highest BCUT2D eigenvalue weighted by atomic mass is 16.7. The van der Waals surface area contributed by atoms with Crippen LogP contribution in [-0.4, -0.2) is 11.0 Å². The van der Waals surface area contributed by atoms with Gasteiger partial charge in [0.05, 0.1) is 0 Å². The summed E-state index contributed by atoms with van der Waals surface area (Å²) in [5, 5.41) is 9.34. The van der Waals surface area contributed by atoms with Crippen molar-refractivity contribution in [2.45, 2.75) is 6.10 Å². The molecule has 62 valence electrons. The molecule has 1 amide bonds. The first-order valence-corrected chi connectivity index (χ1v) is 3.53. The van der Waals surface area contributed by atoms with E-state index in [2.05, 4.69) is 5.48 Å².